The molecule has 16 atom stereocenters. The molecule has 17 heteroatoms. The zero-order chi connectivity index (χ0) is 55.3. The second kappa shape index (κ2) is 28.0. The molecule has 0 aromatic heterocycles. The lowest BCUT2D eigenvalue weighted by atomic mass is 9.78. The fourth-order valence-electron chi connectivity index (χ4n) is 11.0. The van der Waals surface area contributed by atoms with Crippen LogP contribution in [0.5, 0.6) is 0 Å². The number of nitrogens with zero attached hydrogens (tertiary/aromatic N) is 1. The van der Waals surface area contributed by atoms with Gasteiger partial charge in [-0.3, -0.25) is 14.4 Å². The lowest BCUT2D eigenvalue weighted by molar-refractivity contribution is -1.05. The van der Waals surface area contributed by atoms with Crippen molar-refractivity contribution in [2.24, 2.45) is 40.9 Å². The van der Waals surface area contributed by atoms with Gasteiger partial charge in [0, 0.05) is 58.8 Å². The number of allylic oxidation sites excluding steroid dienone is 6. The van der Waals surface area contributed by atoms with Crippen molar-refractivity contribution in [3.05, 3.63) is 59.8 Å². The largest absolute Gasteiger partial charge is 0.459 e. The number of piperidine rings is 1. The molecule has 1 aliphatic carbocycles. The summed E-state index contributed by atoms with van der Waals surface area (Å²) >= 11 is 0. The summed E-state index contributed by atoms with van der Waals surface area (Å²) in [4.78, 5) is 70.9. The van der Waals surface area contributed by atoms with Crippen LogP contribution in [-0.2, 0) is 52.4 Å². The van der Waals surface area contributed by atoms with E-state index in [0.717, 1.165) is 12.0 Å². The maximum Gasteiger partial charge on any atom is 0.420 e. The number of ketones is 2. The van der Waals surface area contributed by atoms with Crippen LogP contribution in [-0.4, -0.2) is 155 Å². The number of aliphatic hydroxyl groups is 4. The normalized spacial score (nSPS) is 39.1. The summed E-state index contributed by atoms with van der Waals surface area (Å²) in [7, 11) is 4.56. The second-order valence-corrected chi connectivity index (χ2v) is 22.4. The molecule has 2 bridgehead atoms. The Morgan fingerprint density at radius 3 is 2.22 bits per heavy atom. The summed E-state index contributed by atoms with van der Waals surface area (Å²) in [5.41, 5.74) is 0.539. The molecule has 2 saturated heterocycles. The van der Waals surface area contributed by atoms with Crippen LogP contribution in [0, 0.1) is 40.9 Å². The van der Waals surface area contributed by atoms with Gasteiger partial charge in [-0.2, -0.15) is 0 Å². The Hall–Kier alpha value is -3.75. The Morgan fingerprint density at radius 2 is 1.58 bits per heavy atom. The van der Waals surface area contributed by atoms with E-state index in [-0.39, 0.29) is 55.8 Å². The highest BCUT2D eigenvalue weighted by Crippen LogP contribution is 2.39. The van der Waals surface area contributed by atoms with Crippen LogP contribution < -0.4 is 0 Å². The monoisotopic (exact) mass is 1040 g/mol. The Balaban J connectivity index is 1.72. The SMILES string of the molecule is C=C1[C@H](C)C[C@H](C)/C=C/C=C/C=C(\C)[C@@H](OC)CC2CC[C@@H](C)[C@@](O)(O2)C(=O)C(=O)[N+]2(O)CCCC[C@H]2C(=O)O[C@H]([C@H](C)C[C@@H]2CC[C@@H](OC(=O)C(C)(CO)CO)[C@H](OC)C2)CC(=O)[C@H](C)/C=C(\C)[C@@H](O)[C@H]1OC. The lowest BCUT2D eigenvalue weighted by Gasteiger charge is -2.43. The molecule has 0 aromatic rings. The summed E-state index contributed by atoms with van der Waals surface area (Å²) in [5, 5.41) is 55.6. The minimum Gasteiger partial charge on any atom is -0.459 e. The van der Waals surface area contributed by atoms with E-state index in [1.165, 1.54) is 21.1 Å². The third-order valence-corrected chi connectivity index (χ3v) is 16.5. The Kier molecular flexibility index (Phi) is 23.8. The van der Waals surface area contributed by atoms with Gasteiger partial charge >= 0.3 is 23.6 Å². The van der Waals surface area contributed by atoms with Crippen molar-refractivity contribution in [3.8, 4) is 0 Å². The average Bonchev–Trinajstić information content (AvgIpc) is 3.37. The number of methoxy groups -OCH3 is 3. The summed E-state index contributed by atoms with van der Waals surface area (Å²) < 4.78 is 34.0. The number of hydrogen-bond donors (Lipinski definition) is 5. The highest BCUT2D eigenvalue weighted by molar-refractivity contribution is 6.36. The molecule has 5 N–H and O–H groups in total. The molecule has 3 fully saturated rings. The maximum absolute atomic E-state index is 14.6. The predicted molar refractivity (Wildman–Crippen MR) is 276 cm³/mol. The van der Waals surface area contributed by atoms with Gasteiger partial charge in [-0.25, -0.2) is 14.8 Å². The molecular weight excluding hydrogens is 955 g/mol. The molecule has 0 spiro atoms. The van der Waals surface area contributed by atoms with Crippen molar-refractivity contribution in [1.82, 2.24) is 0 Å². The molecule has 17 nitrogen and oxygen atoms in total. The van der Waals surface area contributed by atoms with E-state index in [1.54, 1.807) is 34.0 Å². The number of rotatable bonds is 10. The first-order chi connectivity index (χ1) is 34.8. The molecule has 0 aromatic carbocycles. The number of quaternary nitrogens is 1. The molecule has 2 unspecified atom stereocenters. The topological polar surface area (TPSA) is 242 Å². The summed E-state index contributed by atoms with van der Waals surface area (Å²) in [6.45, 7) is 17.1. The van der Waals surface area contributed by atoms with E-state index in [9.17, 15) is 49.6 Å². The van der Waals surface area contributed by atoms with E-state index in [0.29, 0.717) is 56.1 Å². The Bertz CT molecular complexity index is 2060. The fourth-order valence-corrected chi connectivity index (χ4v) is 11.0. The van der Waals surface area contributed by atoms with E-state index in [4.69, 9.17) is 28.4 Å². The number of hydroxylamine groups is 3. The molecule has 4 rings (SSSR count). The van der Waals surface area contributed by atoms with Gasteiger partial charge in [-0.15, -0.1) is 4.65 Å². The van der Waals surface area contributed by atoms with Gasteiger partial charge < -0.3 is 48.8 Å². The van der Waals surface area contributed by atoms with Gasteiger partial charge in [0.25, 0.3) is 0 Å². The van der Waals surface area contributed by atoms with Crippen molar-refractivity contribution in [2.75, 3.05) is 41.1 Å². The summed E-state index contributed by atoms with van der Waals surface area (Å²) in [5.74, 6) is -9.52. The molecule has 4 aliphatic rings. The number of esters is 2. The van der Waals surface area contributed by atoms with Gasteiger partial charge in [-0.05, 0) is 113 Å². The van der Waals surface area contributed by atoms with E-state index in [1.807, 2.05) is 45.1 Å². The Morgan fingerprint density at radius 1 is 0.892 bits per heavy atom. The van der Waals surface area contributed by atoms with Gasteiger partial charge in [0.05, 0.1) is 31.5 Å². The molecule has 3 heterocycles. The standard InChI is InChI=1S/C57H90NO16/c1-34-18-14-13-15-19-35(2)47(69-10)30-43-23-21-40(7)57(67,74-43)52(63)53(64)58(68)25-17-16-20-44(58)54(65)72-48(31-45(61)37(4)27-39(6)50(62)51(71-12)41(8)36(3)26-34)38(5)28-42-22-24-46(49(29-42)70-11)73-55(66)56(9,32-59)33-60/h13-15,18-19,27,34,36-38,40,42-44,46-51,59-60,62,67-68H,8,16-17,20-26,28-33H2,1-7,9-12H3/q+1/b15-13+,18-14+,35-19+,39-27+/t34-,36-,37-,38-,40-,42+,43?,44+,46-,47+,48+,49-,50-,51+,57-,58?/m1/s1. The van der Waals surface area contributed by atoms with Gasteiger partial charge in [0.15, 0.2) is 0 Å². The van der Waals surface area contributed by atoms with Crippen molar-refractivity contribution in [1.29, 1.82) is 0 Å². The highest BCUT2D eigenvalue weighted by Gasteiger charge is 2.61. The van der Waals surface area contributed by atoms with Crippen molar-refractivity contribution in [3.63, 3.8) is 0 Å². The number of hydrogen-bond acceptors (Lipinski definition) is 16. The van der Waals surface area contributed by atoms with Gasteiger partial charge in [0.1, 0.15) is 42.2 Å². The van der Waals surface area contributed by atoms with Crippen LogP contribution in [0.15, 0.2) is 59.8 Å². The molecule has 0 radical (unpaired) electrons. The zero-order valence-corrected chi connectivity index (χ0v) is 46.0. The number of carbonyl (C=O) groups excluding carboxylic acids is 5. The maximum atomic E-state index is 14.6. The number of Topliss-reactive ketones (excluding diaryl/α,β-unsaturated/α-hetero) is 2. The van der Waals surface area contributed by atoms with Crippen LogP contribution in [0.4, 0.5) is 0 Å². The molecule has 418 valence electrons. The van der Waals surface area contributed by atoms with Gasteiger partial charge in [-0.1, -0.05) is 77.7 Å². The third kappa shape index (κ3) is 15.5. The molecule has 3 aliphatic heterocycles. The molecule has 1 amide bonds. The van der Waals surface area contributed by atoms with Crippen molar-refractivity contribution >= 4 is 29.4 Å². The third-order valence-electron chi connectivity index (χ3n) is 16.5. The first-order valence-electron chi connectivity index (χ1n) is 26.7. The van der Waals surface area contributed by atoms with Crippen LogP contribution >= 0.6 is 0 Å². The van der Waals surface area contributed by atoms with Crippen molar-refractivity contribution < 1.29 is 82.7 Å². The first-order valence-corrected chi connectivity index (χ1v) is 26.7. The molecule has 1 saturated carbocycles. The number of ether oxygens (including phenoxy) is 6. The van der Waals surface area contributed by atoms with Crippen molar-refractivity contribution in [2.45, 2.75) is 187 Å². The number of fused-ring (bicyclic) bond motifs is 3. The van der Waals surface area contributed by atoms with Crippen LogP contribution in [0.2, 0.25) is 0 Å². The second-order valence-electron chi connectivity index (χ2n) is 22.4. The van der Waals surface area contributed by atoms with E-state index in [2.05, 4.69) is 19.6 Å². The highest BCUT2D eigenvalue weighted by atomic mass is 16.6. The Labute approximate surface area is 439 Å². The van der Waals surface area contributed by atoms with Crippen LogP contribution in [0.25, 0.3) is 0 Å². The number of aliphatic hydroxyl groups excluding tert-OH is 3. The lowest BCUT2D eigenvalue weighted by Crippen LogP contribution is -2.68. The van der Waals surface area contributed by atoms with E-state index >= 15 is 0 Å². The zero-order valence-electron chi connectivity index (χ0n) is 46.0. The number of cyclic esters (lactones) is 1. The molecule has 74 heavy (non-hydrogen) atoms. The number of amides is 1. The molecular formula is C57H90NO16+. The van der Waals surface area contributed by atoms with Crippen LogP contribution in [0.1, 0.15) is 132 Å². The first kappa shape index (κ1) is 62.8. The summed E-state index contributed by atoms with van der Waals surface area (Å²) in [6.07, 6.45) is 9.98. The number of carbonyl (C=O) groups is 5. The van der Waals surface area contributed by atoms with Crippen LogP contribution in [0.3, 0.4) is 0 Å². The average molecular weight is 1050 g/mol. The minimum atomic E-state index is -2.61. The predicted octanol–water partition coefficient (Wildman–Crippen LogP) is 6.61. The summed E-state index contributed by atoms with van der Waals surface area (Å²) in [6, 6.07) is -1.57. The van der Waals surface area contributed by atoms with E-state index < -0.39 is 119 Å². The quantitative estimate of drug-likeness (QED) is 0.0508. The minimum absolute atomic E-state index is 0.0319. The van der Waals surface area contributed by atoms with Gasteiger partial charge in [0.2, 0.25) is 11.8 Å². The fraction of sp³-hybridized carbons (Fsp3) is 0.737. The smallest absolute Gasteiger partial charge is 0.420 e.